The van der Waals surface area contributed by atoms with Crippen LogP contribution in [0.15, 0.2) is 53.7 Å². The average Bonchev–Trinajstić information content (AvgIpc) is 3.18. The fourth-order valence-corrected chi connectivity index (χ4v) is 4.75. The Kier molecular flexibility index (Phi) is 7.04. The van der Waals surface area contributed by atoms with Crippen molar-refractivity contribution in [3.63, 3.8) is 0 Å². The van der Waals surface area contributed by atoms with Gasteiger partial charge in [0.25, 0.3) is 0 Å². The van der Waals surface area contributed by atoms with Crippen LogP contribution in [0.4, 0.5) is 8.78 Å². The molecule has 4 rings (SSSR count). The van der Waals surface area contributed by atoms with Gasteiger partial charge in [0.15, 0.2) is 5.82 Å². The molecule has 2 aromatic carbocycles. The van der Waals surface area contributed by atoms with Crippen molar-refractivity contribution in [3.8, 4) is 11.4 Å². The Bertz CT molecular complexity index is 1070. The molecule has 1 fully saturated rings. The Morgan fingerprint density at radius 1 is 1.06 bits per heavy atom. The molecule has 0 radical (unpaired) electrons. The Morgan fingerprint density at radius 2 is 1.78 bits per heavy atom. The summed E-state index contributed by atoms with van der Waals surface area (Å²) in [5.41, 5.74) is 1.14. The summed E-state index contributed by atoms with van der Waals surface area (Å²) in [7, 11) is 0. The minimum absolute atomic E-state index is 0.0401. The van der Waals surface area contributed by atoms with Crippen molar-refractivity contribution in [2.45, 2.75) is 49.8 Å². The van der Waals surface area contributed by atoms with E-state index < -0.39 is 5.82 Å². The molecule has 0 aliphatic heterocycles. The monoisotopic (exact) mass is 457 g/mol. The van der Waals surface area contributed by atoms with Crippen molar-refractivity contribution < 1.29 is 13.6 Å². The molecule has 1 amide bonds. The van der Waals surface area contributed by atoms with Gasteiger partial charge in [-0.15, -0.1) is 10.2 Å². The molecule has 6 nitrogen and oxygen atoms in total. The maximum absolute atomic E-state index is 14.1. The Labute approximate surface area is 189 Å². The second-order valence-electron chi connectivity index (χ2n) is 7.88. The molecule has 1 aromatic heterocycles. The van der Waals surface area contributed by atoms with E-state index in [9.17, 15) is 13.6 Å². The molecular weight excluding hydrogens is 432 g/mol. The number of thioether (sulfide) groups is 1. The summed E-state index contributed by atoms with van der Waals surface area (Å²) < 4.78 is 28.6. The van der Waals surface area contributed by atoms with Gasteiger partial charge in [-0.25, -0.2) is 13.5 Å². The molecule has 2 N–H and O–H groups in total. The van der Waals surface area contributed by atoms with E-state index in [1.807, 2.05) is 4.90 Å². The highest BCUT2D eigenvalue weighted by atomic mass is 32.2. The van der Waals surface area contributed by atoms with Crippen LogP contribution >= 0.6 is 11.8 Å². The summed E-state index contributed by atoms with van der Waals surface area (Å²) in [6.45, 7) is 0.431. The lowest BCUT2D eigenvalue weighted by Crippen LogP contribution is -2.42. The van der Waals surface area contributed by atoms with Crippen LogP contribution in [-0.2, 0) is 11.3 Å². The van der Waals surface area contributed by atoms with Crippen molar-refractivity contribution in [1.82, 2.24) is 19.8 Å². The number of hydrogen-bond acceptors (Lipinski definition) is 5. The molecule has 9 heteroatoms. The fourth-order valence-electron chi connectivity index (χ4n) is 4.01. The predicted octanol–water partition coefficient (Wildman–Crippen LogP) is 4.39. The first-order chi connectivity index (χ1) is 15.5. The van der Waals surface area contributed by atoms with Crippen LogP contribution in [0, 0.1) is 11.6 Å². The second kappa shape index (κ2) is 10.1. The van der Waals surface area contributed by atoms with Crippen LogP contribution in [-0.4, -0.2) is 37.5 Å². The summed E-state index contributed by atoms with van der Waals surface area (Å²) in [5.74, 6) is 5.64. The molecule has 1 aliphatic rings. The highest BCUT2D eigenvalue weighted by molar-refractivity contribution is 7.99. The van der Waals surface area contributed by atoms with Crippen LogP contribution in [0.25, 0.3) is 11.4 Å². The zero-order valence-electron chi connectivity index (χ0n) is 17.6. The van der Waals surface area contributed by atoms with Crippen molar-refractivity contribution in [2.75, 3.05) is 11.6 Å². The number of nitrogen functional groups attached to an aromatic ring is 1. The van der Waals surface area contributed by atoms with Gasteiger partial charge < -0.3 is 10.7 Å². The lowest BCUT2D eigenvalue weighted by Gasteiger charge is -2.34. The maximum atomic E-state index is 14.1. The predicted molar refractivity (Wildman–Crippen MR) is 120 cm³/mol. The van der Waals surface area contributed by atoms with E-state index in [1.54, 1.807) is 30.3 Å². The van der Waals surface area contributed by atoms with Gasteiger partial charge in [0.1, 0.15) is 11.6 Å². The van der Waals surface area contributed by atoms with E-state index in [4.69, 9.17) is 5.84 Å². The SMILES string of the molecule is Nn1c(SCC(=O)N(Cc2ccc(F)cc2)C2CCCCC2)nnc1-c1ccccc1F. The lowest BCUT2D eigenvalue weighted by atomic mass is 9.94. The van der Waals surface area contributed by atoms with Crippen molar-refractivity contribution in [1.29, 1.82) is 0 Å². The molecule has 1 saturated carbocycles. The largest absolute Gasteiger partial charge is 0.335 e. The van der Waals surface area contributed by atoms with E-state index in [2.05, 4.69) is 10.2 Å². The third-order valence-electron chi connectivity index (χ3n) is 5.71. The molecule has 0 atom stereocenters. The number of rotatable bonds is 7. The number of halogens is 2. The first-order valence-electron chi connectivity index (χ1n) is 10.6. The topological polar surface area (TPSA) is 77.0 Å². The Morgan fingerprint density at radius 3 is 2.50 bits per heavy atom. The first-order valence-corrected chi connectivity index (χ1v) is 11.6. The molecule has 168 valence electrons. The minimum Gasteiger partial charge on any atom is -0.335 e. The molecule has 32 heavy (non-hydrogen) atoms. The molecule has 3 aromatic rings. The molecule has 0 bridgehead atoms. The lowest BCUT2D eigenvalue weighted by molar-refractivity contribution is -0.132. The van der Waals surface area contributed by atoms with E-state index in [1.165, 1.54) is 41.1 Å². The molecule has 0 saturated heterocycles. The molecule has 0 unspecified atom stereocenters. The standard InChI is InChI=1S/C23H25F2N5OS/c24-17-12-10-16(11-13-17)14-29(18-6-2-1-3-7-18)21(31)15-32-23-28-27-22(30(23)26)19-8-4-5-9-20(19)25/h4-5,8-13,18H,1-3,6-7,14-15,26H2. The van der Waals surface area contributed by atoms with Gasteiger partial charge in [0.05, 0.1) is 11.3 Å². The number of amides is 1. The zero-order chi connectivity index (χ0) is 22.5. The number of hydrogen-bond donors (Lipinski definition) is 1. The summed E-state index contributed by atoms with van der Waals surface area (Å²) in [6.07, 6.45) is 5.28. The van der Waals surface area contributed by atoms with E-state index >= 15 is 0 Å². The van der Waals surface area contributed by atoms with Crippen molar-refractivity contribution in [3.05, 3.63) is 65.7 Å². The van der Waals surface area contributed by atoms with Gasteiger partial charge in [0, 0.05) is 12.6 Å². The summed E-state index contributed by atoms with van der Waals surface area (Å²) in [4.78, 5) is 15.1. The van der Waals surface area contributed by atoms with Crippen LogP contribution in [0.2, 0.25) is 0 Å². The number of benzene rings is 2. The number of carbonyl (C=O) groups is 1. The smallest absolute Gasteiger partial charge is 0.233 e. The van der Waals surface area contributed by atoms with Gasteiger partial charge in [-0.05, 0) is 42.7 Å². The normalized spacial score (nSPS) is 14.4. The molecule has 1 heterocycles. The molecule has 0 spiro atoms. The van der Waals surface area contributed by atoms with Crippen molar-refractivity contribution in [2.24, 2.45) is 0 Å². The summed E-state index contributed by atoms with van der Waals surface area (Å²) >= 11 is 1.17. The Balaban J connectivity index is 1.47. The van der Waals surface area contributed by atoms with Crippen LogP contribution in [0.1, 0.15) is 37.7 Å². The summed E-state index contributed by atoms with van der Waals surface area (Å²) in [5, 5.41) is 8.38. The van der Waals surface area contributed by atoms with Crippen LogP contribution in [0.3, 0.4) is 0 Å². The van der Waals surface area contributed by atoms with E-state index in [0.717, 1.165) is 31.2 Å². The summed E-state index contributed by atoms with van der Waals surface area (Å²) in [6, 6.07) is 12.6. The van der Waals surface area contributed by atoms with Gasteiger partial charge in [-0.3, -0.25) is 4.79 Å². The highest BCUT2D eigenvalue weighted by Crippen LogP contribution is 2.27. The highest BCUT2D eigenvalue weighted by Gasteiger charge is 2.26. The number of carbonyl (C=O) groups excluding carboxylic acids is 1. The number of aromatic nitrogens is 3. The third-order valence-corrected chi connectivity index (χ3v) is 6.63. The molecule has 1 aliphatic carbocycles. The van der Waals surface area contributed by atoms with Gasteiger partial charge >= 0.3 is 0 Å². The van der Waals surface area contributed by atoms with Gasteiger partial charge in [0.2, 0.25) is 11.1 Å². The number of nitrogens with zero attached hydrogens (tertiary/aromatic N) is 4. The van der Waals surface area contributed by atoms with Gasteiger partial charge in [-0.2, -0.15) is 0 Å². The zero-order valence-corrected chi connectivity index (χ0v) is 18.4. The van der Waals surface area contributed by atoms with E-state index in [0.29, 0.717) is 11.7 Å². The minimum atomic E-state index is -0.443. The first kappa shape index (κ1) is 22.3. The maximum Gasteiger partial charge on any atom is 0.233 e. The Hall–Kier alpha value is -2.94. The van der Waals surface area contributed by atoms with Crippen molar-refractivity contribution >= 4 is 17.7 Å². The quantitative estimate of drug-likeness (QED) is 0.421. The van der Waals surface area contributed by atoms with Crippen LogP contribution in [0.5, 0.6) is 0 Å². The van der Waals surface area contributed by atoms with Gasteiger partial charge in [-0.1, -0.05) is 55.3 Å². The third kappa shape index (κ3) is 5.09. The second-order valence-corrected chi connectivity index (χ2v) is 8.83. The average molecular weight is 458 g/mol. The number of nitrogens with two attached hydrogens (primary N) is 1. The van der Waals surface area contributed by atoms with E-state index in [-0.39, 0.29) is 34.9 Å². The van der Waals surface area contributed by atoms with Crippen LogP contribution < -0.4 is 5.84 Å². The molecular formula is C23H25F2N5OS. The fraction of sp³-hybridized carbons (Fsp3) is 0.348.